The van der Waals surface area contributed by atoms with E-state index in [-0.39, 0.29) is 5.75 Å². The SMILES string of the molecule is CC(C(N)=O)c1ccc2c(c1)C(c1ccc(Br)s1)Oc1cccc(OC(F)F)c1-2. The van der Waals surface area contributed by atoms with E-state index < -0.39 is 24.5 Å². The van der Waals surface area contributed by atoms with Crippen LogP contribution in [-0.4, -0.2) is 12.5 Å². The zero-order chi connectivity index (χ0) is 20.7. The normalized spacial score (nSPS) is 16.0. The average Bonchev–Trinajstić information content (AvgIpc) is 3.12. The van der Waals surface area contributed by atoms with E-state index in [1.807, 2.05) is 18.2 Å². The first-order valence-corrected chi connectivity index (χ1v) is 10.4. The molecule has 1 aliphatic rings. The van der Waals surface area contributed by atoms with Crippen molar-refractivity contribution in [3.8, 4) is 22.6 Å². The topological polar surface area (TPSA) is 61.6 Å². The molecule has 0 saturated heterocycles. The number of hydrogen-bond donors (Lipinski definition) is 1. The first-order valence-electron chi connectivity index (χ1n) is 8.78. The Morgan fingerprint density at radius 2 is 2.03 bits per heavy atom. The summed E-state index contributed by atoms with van der Waals surface area (Å²) in [5, 5.41) is 0. The molecule has 2 heterocycles. The summed E-state index contributed by atoms with van der Waals surface area (Å²) in [6.07, 6.45) is -0.448. The Morgan fingerprint density at radius 3 is 2.69 bits per heavy atom. The number of benzene rings is 2. The van der Waals surface area contributed by atoms with E-state index in [2.05, 4.69) is 15.9 Å². The first kappa shape index (κ1) is 19.8. The highest BCUT2D eigenvalue weighted by molar-refractivity contribution is 9.11. The van der Waals surface area contributed by atoms with Gasteiger partial charge in [-0.3, -0.25) is 4.79 Å². The minimum absolute atomic E-state index is 0.0419. The van der Waals surface area contributed by atoms with Gasteiger partial charge in [-0.2, -0.15) is 8.78 Å². The smallest absolute Gasteiger partial charge is 0.387 e. The molecule has 1 aliphatic heterocycles. The fraction of sp³-hybridized carbons (Fsp3) is 0.190. The van der Waals surface area contributed by atoms with Crippen molar-refractivity contribution in [2.24, 2.45) is 5.73 Å². The van der Waals surface area contributed by atoms with Gasteiger partial charge in [0.15, 0.2) is 6.10 Å². The van der Waals surface area contributed by atoms with Crippen LogP contribution in [0.5, 0.6) is 11.5 Å². The molecule has 2 unspecified atom stereocenters. The van der Waals surface area contributed by atoms with E-state index in [0.29, 0.717) is 11.3 Å². The van der Waals surface area contributed by atoms with Crippen LogP contribution in [0, 0.1) is 0 Å². The van der Waals surface area contributed by atoms with Gasteiger partial charge >= 0.3 is 6.61 Å². The minimum atomic E-state index is -2.95. The molecule has 2 aromatic carbocycles. The number of rotatable bonds is 5. The van der Waals surface area contributed by atoms with Gasteiger partial charge in [0.05, 0.1) is 20.1 Å². The van der Waals surface area contributed by atoms with Crippen molar-refractivity contribution < 1.29 is 23.0 Å². The number of fused-ring (bicyclic) bond motifs is 3. The Balaban J connectivity index is 1.92. The Kier molecular flexibility index (Phi) is 5.31. The largest absolute Gasteiger partial charge is 0.479 e. The molecular weight excluding hydrogens is 464 g/mol. The second-order valence-electron chi connectivity index (χ2n) is 6.62. The molecule has 2 N–H and O–H groups in total. The third kappa shape index (κ3) is 3.74. The Bertz CT molecular complexity index is 1090. The van der Waals surface area contributed by atoms with Crippen LogP contribution in [0.15, 0.2) is 52.3 Å². The van der Waals surface area contributed by atoms with Gasteiger partial charge in [-0.05, 0) is 58.2 Å². The monoisotopic (exact) mass is 479 g/mol. The fourth-order valence-electron chi connectivity index (χ4n) is 3.40. The quantitative estimate of drug-likeness (QED) is 0.499. The summed E-state index contributed by atoms with van der Waals surface area (Å²) < 4.78 is 37.8. The van der Waals surface area contributed by atoms with Crippen molar-refractivity contribution in [1.29, 1.82) is 0 Å². The molecule has 0 bridgehead atoms. The van der Waals surface area contributed by atoms with Crippen LogP contribution in [0.3, 0.4) is 0 Å². The second kappa shape index (κ2) is 7.76. The van der Waals surface area contributed by atoms with Gasteiger partial charge in [-0.15, -0.1) is 11.3 Å². The number of halogens is 3. The molecule has 0 fully saturated rings. The van der Waals surface area contributed by atoms with Crippen molar-refractivity contribution in [3.05, 3.63) is 68.3 Å². The summed E-state index contributed by atoms with van der Waals surface area (Å²) in [7, 11) is 0. The summed E-state index contributed by atoms with van der Waals surface area (Å²) in [4.78, 5) is 12.6. The summed E-state index contributed by atoms with van der Waals surface area (Å²) in [5.74, 6) is -0.440. The number of thiophene rings is 1. The number of alkyl halides is 2. The maximum absolute atomic E-state index is 13.0. The molecule has 150 valence electrons. The molecule has 0 aliphatic carbocycles. The van der Waals surface area contributed by atoms with Crippen molar-refractivity contribution in [3.63, 3.8) is 0 Å². The lowest BCUT2D eigenvalue weighted by atomic mass is 9.87. The number of carbonyl (C=O) groups excluding carboxylic acids is 1. The standard InChI is InChI=1S/C21H16BrF2NO3S/c1-10(20(25)26)11-5-6-12-13(9-11)19(16-7-8-17(22)29-16)27-14-3-2-4-15(18(12)14)28-21(23)24/h2-10,19,21H,1H3,(H2,25,26). The summed E-state index contributed by atoms with van der Waals surface area (Å²) >= 11 is 4.98. The van der Waals surface area contributed by atoms with Crippen LogP contribution in [0.1, 0.15) is 34.9 Å². The zero-order valence-corrected chi connectivity index (χ0v) is 17.6. The van der Waals surface area contributed by atoms with Crippen LogP contribution in [0.2, 0.25) is 0 Å². The number of nitrogens with two attached hydrogens (primary N) is 1. The van der Waals surface area contributed by atoms with Crippen molar-refractivity contribution in [1.82, 2.24) is 0 Å². The Labute approximate surface area is 178 Å². The van der Waals surface area contributed by atoms with E-state index in [1.165, 1.54) is 17.4 Å². The van der Waals surface area contributed by atoms with Crippen LogP contribution in [0.4, 0.5) is 8.78 Å². The average molecular weight is 480 g/mol. The molecule has 4 rings (SSSR count). The molecule has 1 amide bonds. The highest BCUT2D eigenvalue weighted by Gasteiger charge is 2.32. The predicted molar refractivity (Wildman–Crippen MR) is 111 cm³/mol. The van der Waals surface area contributed by atoms with E-state index >= 15 is 0 Å². The lowest BCUT2D eigenvalue weighted by Crippen LogP contribution is -2.20. The Morgan fingerprint density at radius 1 is 1.24 bits per heavy atom. The molecular formula is C21H16BrF2NO3S. The van der Waals surface area contributed by atoms with Crippen LogP contribution in [-0.2, 0) is 4.79 Å². The Hall–Kier alpha value is -2.45. The van der Waals surface area contributed by atoms with Gasteiger partial charge in [-0.1, -0.05) is 24.3 Å². The van der Waals surface area contributed by atoms with Crippen molar-refractivity contribution in [2.75, 3.05) is 0 Å². The van der Waals surface area contributed by atoms with Gasteiger partial charge in [0, 0.05) is 5.56 Å². The van der Waals surface area contributed by atoms with Crippen LogP contribution >= 0.6 is 27.3 Å². The number of carbonyl (C=O) groups is 1. The lowest BCUT2D eigenvalue weighted by molar-refractivity contribution is -0.119. The van der Waals surface area contributed by atoms with Crippen molar-refractivity contribution >= 4 is 33.2 Å². The maximum atomic E-state index is 13.0. The second-order valence-corrected chi connectivity index (χ2v) is 9.11. The summed E-state index contributed by atoms with van der Waals surface area (Å²) in [6.45, 7) is -1.23. The fourth-order valence-corrected chi connectivity index (χ4v) is 4.87. The molecule has 1 aromatic heterocycles. The van der Waals surface area contributed by atoms with Gasteiger partial charge in [-0.25, -0.2) is 0 Å². The molecule has 29 heavy (non-hydrogen) atoms. The highest BCUT2D eigenvalue weighted by Crippen LogP contribution is 2.50. The molecule has 3 aromatic rings. The lowest BCUT2D eigenvalue weighted by Gasteiger charge is -2.30. The van der Waals surface area contributed by atoms with Crippen LogP contribution < -0.4 is 15.2 Å². The van der Waals surface area contributed by atoms with E-state index in [4.69, 9.17) is 15.2 Å². The summed E-state index contributed by atoms with van der Waals surface area (Å²) in [6, 6.07) is 14.1. The number of ether oxygens (including phenoxy) is 2. The number of primary amides is 1. The first-order chi connectivity index (χ1) is 13.8. The van der Waals surface area contributed by atoms with Crippen molar-refractivity contribution in [2.45, 2.75) is 25.6 Å². The van der Waals surface area contributed by atoms with E-state index in [0.717, 1.165) is 25.4 Å². The van der Waals surface area contributed by atoms with E-state index in [9.17, 15) is 13.6 Å². The number of amides is 1. The molecule has 2 atom stereocenters. The molecule has 8 heteroatoms. The van der Waals surface area contributed by atoms with Gasteiger partial charge < -0.3 is 15.2 Å². The molecule has 0 radical (unpaired) electrons. The van der Waals surface area contributed by atoms with Crippen LogP contribution in [0.25, 0.3) is 11.1 Å². The predicted octanol–water partition coefficient (Wildman–Crippen LogP) is 5.85. The third-order valence-corrected chi connectivity index (χ3v) is 6.52. The third-order valence-electron chi connectivity index (χ3n) is 4.86. The molecule has 0 saturated carbocycles. The number of hydrogen-bond acceptors (Lipinski definition) is 4. The zero-order valence-electron chi connectivity index (χ0n) is 15.2. The molecule has 0 spiro atoms. The van der Waals surface area contributed by atoms with Gasteiger partial charge in [0.1, 0.15) is 11.5 Å². The maximum Gasteiger partial charge on any atom is 0.387 e. The minimum Gasteiger partial charge on any atom is -0.479 e. The highest BCUT2D eigenvalue weighted by atomic mass is 79.9. The van der Waals surface area contributed by atoms with Gasteiger partial charge in [0.2, 0.25) is 5.91 Å². The molecule has 4 nitrogen and oxygen atoms in total. The van der Waals surface area contributed by atoms with Gasteiger partial charge in [0.25, 0.3) is 0 Å². The van der Waals surface area contributed by atoms with E-state index in [1.54, 1.807) is 31.2 Å². The summed E-state index contributed by atoms with van der Waals surface area (Å²) in [5.41, 5.74) is 8.16.